The lowest BCUT2D eigenvalue weighted by molar-refractivity contribution is -0.904. The highest BCUT2D eigenvalue weighted by molar-refractivity contribution is 5.76. The Morgan fingerprint density at radius 2 is 1.68 bits per heavy atom. The second kappa shape index (κ2) is 9.84. The van der Waals surface area contributed by atoms with E-state index >= 15 is 0 Å². The Kier molecular flexibility index (Phi) is 7.48. The van der Waals surface area contributed by atoms with Crippen LogP contribution >= 0.6 is 0 Å². The first-order valence-corrected chi connectivity index (χ1v) is 8.99. The van der Waals surface area contributed by atoms with E-state index in [0.29, 0.717) is 13.1 Å². The maximum atomic E-state index is 12.2. The number of hydrogen-bond acceptors (Lipinski definition) is 2. The van der Waals surface area contributed by atoms with E-state index in [2.05, 4.69) is 53.5 Å². The van der Waals surface area contributed by atoms with Gasteiger partial charge in [0.1, 0.15) is 6.54 Å². The van der Waals surface area contributed by atoms with Crippen LogP contribution in [0.1, 0.15) is 18.1 Å². The Morgan fingerprint density at radius 3 is 2.28 bits per heavy atom. The molecule has 0 fully saturated rings. The van der Waals surface area contributed by atoms with Crippen LogP contribution in [-0.4, -0.2) is 39.6 Å². The number of nitrogens with zero attached hydrogens (tertiary/aromatic N) is 1. The molecule has 1 unspecified atom stereocenters. The van der Waals surface area contributed by atoms with Gasteiger partial charge in [-0.25, -0.2) is 0 Å². The first-order valence-electron chi connectivity index (χ1n) is 8.99. The number of nitrogens with one attached hydrogen (secondary N) is 2. The van der Waals surface area contributed by atoms with Crippen molar-refractivity contribution >= 4 is 11.6 Å². The van der Waals surface area contributed by atoms with Gasteiger partial charge in [-0.3, -0.25) is 4.79 Å². The normalized spacial score (nSPS) is 11.8. The van der Waals surface area contributed by atoms with Gasteiger partial charge in [-0.15, -0.1) is 0 Å². The standard InChI is InChI=1S/C21H29N3O/c1-4-24(16-19-10-12-20(13-11-19)23(2)3)17-21(25)22-15-14-18-8-6-5-7-9-18/h5-13H,4,14-17H2,1-3H3,(H,22,25)/p+1. The second-order valence-electron chi connectivity index (χ2n) is 6.60. The largest absolute Gasteiger partial charge is 0.378 e. The summed E-state index contributed by atoms with van der Waals surface area (Å²) in [6, 6.07) is 18.8. The molecule has 0 bridgehead atoms. The minimum absolute atomic E-state index is 0.123. The van der Waals surface area contributed by atoms with Crippen molar-refractivity contribution in [3.05, 3.63) is 65.7 Å². The number of carbonyl (C=O) groups is 1. The first kappa shape index (κ1) is 19.0. The van der Waals surface area contributed by atoms with Crippen LogP contribution in [0.4, 0.5) is 5.69 Å². The van der Waals surface area contributed by atoms with Crippen molar-refractivity contribution < 1.29 is 9.69 Å². The molecule has 1 amide bonds. The van der Waals surface area contributed by atoms with Crippen molar-refractivity contribution in [1.82, 2.24) is 5.32 Å². The molecule has 0 heterocycles. The lowest BCUT2D eigenvalue weighted by Gasteiger charge is -2.18. The van der Waals surface area contributed by atoms with Crippen LogP contribution in [-0.2, 0) is 17.8 Å². The molecule has 0 aromatic heterocycles. The number of hydrogen-bond donors (Lipinski definition) is 2. The molecule has 134 valence electrons. The zero-order valence-corrected chi connectivity index (χ0v) is 15.6. The molecule has 0 saturated heterocycles. The van der Waals surface area contributed by atoms with Gasteiger partial charge < -0.3 is 15.1 Å². The van der Waals surface area contributed by atoms with Gasteiger partial charge in [0.05, 0.1) is 6.54 Å². The Bertz CT molecular complexity index is 638. The minimum atomic E-state index is 0.123. The van der Waals surface area contributed by atoms with E-state index in [0.717, 1.165) is 19.5 Å². The quantitative estimate of drug-likeness (QED) is 0.726. The average Bonchev–Trinajstić information content (AvgIpc) is 2.62. The zero-order valence-electron chi connectivity index (χ0n) is 15.6. The van der Waals surface area contributed by atoms with Crippen molar-refractivity contribution in [3.8, 4) is 0 Å². The molecule has 2 aromatic carbocycles. The summed E-state index contributed by atoms with van der Waals surface area (Å²) in [5, 5.41) is 3.04. The van der Waals surface area contributed by atoms with Crippen LogP contribution in [0.2, 0.25) is 0 Å². The highest BCUT2D eigenvalue weighted by atomic mass is 16.2. The Labute approximate surface area is 151 Å². The van der Waals surface area contributed by atoms with Gasteiger partial charge in [0, 0.05) is 31.9 Å². The van der Waals surface area contributed by atoms with Gasteiger partial charge in [-0.05, 0) is 31.0 Å². The number of quaternary nitrogens is 1. The number of rotatable bonds is 9. The van der Waals surface area contributed by atoms with Crippen LogP contribution < -0.4 is 15.1 Å². The lowest BCUT2D eigenvalue weighted by Crippen LogP contribution is -3.11. The molecule has 1 atom stereocenters. The number of amides is 1. The van der Waals surface area contributed by atoms with Gasteiger partial charge in [0.15, 0.2) is 6.54 Å². The molecule has 2 N–H and O–H groups in total. The van der Waals surface area contributed by atoms with Crippen LogP contribution in [0.25, 0.3) is 0 Å². The molecule has 0 aliphatic heterocycles. The first-order chi connectivity index (χ1) is 12.1. The van der Waals surface area contributed by atoms with Crippen molar-refractivity contribution in [2.75, 3.05) is 38.6 Å². The SMILES string of the molecule is CC[NH+](CC(=O)NCCc1ccccc1)Cc1ccc(N(C)C)cc1. The van der Waals surface area contributed by atoms with Crippen LogP contribution in [0.5, 0.6) is 0 Å². The van der Waals surface area contributed by atoms with Crippen molar-refractivity contribution in [1.29, 1.82) is 0 Å². The smallest absolute Gasteiger partial charge is 0.275 e. The molecule has 0 aliphatic carbocycles. The van der Waals surface area contributed by atoms with Crippen molar-refractivity contribution in [2.45, 2.75) is 19.9 Å². The van der Waals surface area contributed by atoms with Gasteiger partial charge in [0.2, 0.25) is 0 Å². The number of carbonyl (C=O) groups excluding carboxylic acids is 1. The molecule has 0 radical (unpaired) electrons. The van der Waals surface area contributed by atoms with Crippen LogP contribution in [0.3, 0.4) is 0 Å². The fraction of sp³-hybridized carbons (Fsp3) is 0.381. The van der Waals surface area contributed by atoms with Gasteiger partial charge >= 0.3 is 0 Å². The van der Waals surface area contributed by atoms with E-state index in [9.17, 15) is 4.79 Å². The summed E-state index contributed by atoms with van der Waals surface area (Å²) < 4.78 is 0. The lowest BCUT2D eigenvalue weighted by atomic mass is 10.1. The predicted molar refractivity (Wildman–Crippen MR) is 104 cm³/mol. The topological polar surface area (TPSA) is 36.8 Å². The van der Waals surface area contributed by atoms with E-state index < -0.39 is 0 Å². The maximum Gasteiger partial charge on any atom is 0.275 e. The summed E-state index contributed by atoms with van der Waals surface area (Å²) in [6.07, 6.45) is 0.875. The Balaban J connectivity index is 1.77. The molecule has 2 rings (SSSR count). The molecular formula is C21H30N3O+. The third-order valence-electron chi connectivity index (χ3n) is 4.40. The van der Waals surface area contributed by atoms with Crippen LogP contribution in [0.15, 0.2) is 54.6 Å². The number of likely N-dealkylation sites (N-methyl/N-ethyl adjacent to an activating group) is 1. The van der Waals surface area contributed by atoms with E-state index in [1.54, 1.807) is 0 Å². The summed E-state index contributed by atoms with van der Waals surface area (Å²) >= 11 is 0. The van der Waals surface area contributed by atoms with E-state index in [4.69, 9.17) is 0 Å². The second-order valence-corrected chi connectivity index (χ2v) is 6.60. The van der Waals surface area contributed by atoms with Gasteiger partial charge in [0.25, 0.3) is 5.91 Å². The summed E-state index contributed by atoms with van der Waals surface area (Å²) in [4.78, 5) is 15.6. The highest BCUT2D eigenvalue weighted by Gasteiger charge is 2.13. The molecule has 0 spiro atoms. The van der Waals surface area contributed by atoms with Crippen LogP contribution in [0, 0.1) is 0 Å². The molecule has 2 aromatic rings. The number of anilines is 1. The molecule has 0 aliphatic rings. The van der Waals surface area contributed by atoms with Gasteiger partial charge in [-0.1, -0.05) is 42.5 Å². The monoisotopic (exact) mass is 340 g/mol. The minimum Gasteiger partial charge on any atom is -0.378 e. The van der Waals surface area contributed by atoms with Crippen molar-refractivity contribution in [2.24, 2.45) is 0 Å². The molecular weight excluding hydrogens is 310 g/mol. The summed E-state index contributed by atoms with van der Waals surface area (Å²) in [7, 11) is 4.08. The van der Waals surface area contributed by atoms with E-state index in [-0.39, 0.29) is 5.91 Å². The molecule has 4 heteroatoms. The number of benzene rings is 2. The summed E-state index contributed by atoms with van der Waals surface area (Å²) in [6.45, 7) is 5.14. The van der Waals surface area contributed by atoms with Crippen molar-refractivity contribution in [3.63, 3.8) is 0 Å². The van der Waals surface area contributed by atoms with E-state index in [1.165, 1.54) is 21.7 Å². The summed E-state index contributed by atoms with van der Waals surface area (Å²) in [5.74, 6) is 0.123. The van der Waals surface area contributed by atoms with E-state index in [1.807, 2.05) is 32.3 Å². The highest BCUT2D eigenvalue weighted by Crippen LogP contribution is 2.11. The molecule has 4 nitrogen and oxygen atoms in total. The Hall–Kier alpha value is -2.33. The summed E-state index contributed by atoms with van der Waals surface area (Å²) in [5.41, 5.74) is 3.71. The third-order valence-corrected chi connectivity index (χ3v) is 4.40. The molecule has 25 heavy (non-hydrogen) atoms. The fourth-order valence-electron chi connectivity index (χ4n) is 2.79. The third kappa shape index (κ3) is 6.59. The maximum absolute atomic E-state index is 12.2. The average molecular weight is 340 g/mol. The predicted octanol–water partition coefficient (Wildman–Crippen LogP) is 1.52. The Morgan fingerprint density at radius 1 is 1.00 bits per heavy atom. The van der Waals surface area contributed by atoms with Gasteiger partial charge in [-0.2, -0.15) is 0 Å². The molecule has 0 saturated carbocycles. The zero-order chi connectivity index (χ0) is 18.1. The fourth-order valence-corrected chi connectivity index (χ4v) is 2.79.